The van der Waals surface area contributed by atoms with E-state index in [2.05, 4.69) is 30.2 Å². The van der Waals surface area contributed by atoms with Crippen molar-refractivity contribution in [2.45, 2.75) is 18.8 Å². The van der Waals surface area contributed by atoms with Gasteiger partial charge in [-0.3, -0.25) is 4.98 Å². The minimum absolute atomic E-state index is 0.331. The molecule has 118 valence electrons. The van der Waals surface area contributed by atoms with Crippen molar-refractivity contribution in [3.63, 3.8) is 0 Å². The van der Waals surface area contributed by atoms with Crippen LogP contribution < -0.4 is 9.64 Å². The molecular formula is C15H17N7O. The molecule has 0 bridgehead atoms. The summed E-state index contributed by atoms with van der Waals surface area (Å²) >= 11 is 0. The van der Waals surface area contributed by atoms with Crippen molar-refractivity contribution < 1.29 is 4.74 Å². The SMILES string of the molecule is COc1ccc2nnc(C3CCN(c4cnccn4)CC3)n2n1. The van der Waals surface area contributed by atoms with Crippen molar-refractivity contribution in [2.75, 3.05) is 25.1 Å². The molecule has 8 heteroatoms. The van der Waals surface area contributed by atoms with E-state index in [0.29, 0.717) is 11.8 Å². The van der Waals surface area contributed by atoms with Crippen LogP contribution in [0.25, 0.3) is 5.65 Å². The number of hydrogen-bond donors (Lipinski definition) is 0. The van der Waals surface area contributed by atoms with Gasteiger partial charge in [-0.05, 0) is 18.9 Å². The van der Waals surface area contributed by atoms with E-state index in [0.717, 1.165) is 43.2 Å². The third-order valence-corrected chi connectivity index (χ3v) is 4.21. The Labute approximate surface area is 133 Å². The van der Waals surface area contributed by atoms with E-state index in [1.807, 2.05) is 6.07 Å². The van der Waals surface area contributed by atoms with Gasteiger partial charge in [0.1, 0.15) is 5.82 Å². The third kappa shape index (κ3) is 2.56. The molecule has 0 radical (unpaired) electrons. The minimum Gasteiger partial charge on any atom is -0.480 e. The van der Waals surface area contributed by atoms with Crippen LogP contribution in [0.15, 0.2) is 30.7 Å². The van der Waals surface area contributed by atoms with E-state index in [4.69, 9.17) is 4.74 Å². The zero-order valence-electron chi connectivity index (χ0n) is 12.8. The zero-order valence-corrected chi connectivity index (χ0v) is 12.8. The average molecular weight is 311 g/mol. The van der Waals surface area contributed by atoms with Crippen LogP contribution in [0.2, 0.25) is 0 Å². The Kier molecular flexibility index (Phi) is 3.49. The summed E-state index contributed by atoms with van der Waals surface area (Å²) in [5.41, 5.74) is 0.747. The molecule has 1 fully saturated rings. The predicted molar refractivity (Wildman–Crippen MR) is 83.6 cm³/mol. The molecule has 4 rings (SSSR count). The van der Waals surface area contributed by atoms with Crippen molar-refractivity contribution in [3.8, 4) is 5.88 Å². The molecule has 1 aliphatic heterocycles. The lowest BCUT2D eigenvalue weighted by Crippen LogP contribution is -2.34. The fourth-order valence-electron chi connectivity index (χ4n) is 2.97. The summed E-state index contributed by atoms with van der Waals surface area (Å²) in [6, 6.07) is 3.67. The summed E-state index contributed by atoms with van der Waals surface area (Å²) in [6.45, 7) is 1.84. The monoisotopic (exact) mass is 311 g/mol. The highest BCUT2D eigenvalue weighted by molar-refractivity contribution is 5.39. The number of hydrogen-bond acceptors (Lipinski definition) is 7. The maximum atomic E-state index is 5.20. The number of fused-ring (bicyclic) bond motifs is 1. The maximum absolute atomic E-state index is 5.20. The van der Waals surface area contributed by atoms with Crippen LogP contribution in [-0.2, 0) is 0 Å². The first-order chi connectivity index (χ1) is 11.3. The van der Waals surface area contributed by atoms with Gasteiger partial charge in [0.05, 0.1) is 13.3 Å². The van der Waals surface area contributed by atoms with Crippen molar-refractivity contribution in [1.29, 1.82) is 0 Å². The summed E-state index contributed by atoms with van der Waals surface area (Å²) in [4.78, 5) is 10.7. The van der Waals surface area contributed by atoms with Gasteiger partial charge in [0, 0.05) is 37.5 Å². The highest BCUT2D eigenvalue weighted by Gasteiger charge is 2.25. The molecule has 0 atom stereocenters. The van der Waals surface area contributed by atoms with E-state index in [1.165, 1.54) is 0 Å². The quantitative estimate of drug-likeness (QED) is 0.721. The van der Waals surface area contributed by atoms with Crippen molar-refractivity contribution in [3.05, 3.63) is 36.5 Å². The van der Waals surface area contributed by atoms with Crippen LogP contribution >= 0.6 is 0 Å². The molecule has 0 N–H and O–H groups in total. The molecule has 1 saturated heterocycles. The summed E-state index contributed by atoms with van der Waals surface area (Å²) < 4.78 is 6.99. The first kappa shape index (κ1) is 13.9. The van der Waals surface area contributed by atoms with Gasteiger partial charge >= 0.3 is 0 Å². The van der Waals surface area contributed by atoms with Gasteiger partial charge in [-0.15, -0.1) is 15.3 Å². The average Bonchev–Trinajstić information content (AvgIpc) is 3.05. The second kappa shape index (κ2) is 5.79. The van der Waals surface area contributed by atoms with Gasteiger partial charge in [0.2, 0.25) is 5.88 Å². The van der Waals surface area contributed by atoms with Crippen molar-refractivity contribution in [2.24, 2.45) is 0 Å². The van der Waals surface area contributed by atoms with Gasteiger partial charge in [-0.1, -0.05) is 0 Å². The predicted octanol–water partition coefficient (Wildman–Crippen LogP) is 1.31. The molecule has 0 unspecified atom stereocenters. The van der Waals surface area contributed by atoms with Crippen LogP contribution in [0.3, 0.4) is 0 Å². The lowest BCUT2D eigenvalue weighted by Gasteiger charge is -2.31. The topological polar surface area (TPSA) is 81.3 Å². The molecular weight excluding hydrogens is 294 g/mol. The molecule has 3 aromatic rings. The Morgan fingerprint density at radius 1 is 1.13 bits per heavy atom. The lowest BCUT2D eigenvalue weighted by atomic mass is 9.96. The number of ether oxygens (including phenoxy) is 1. The molecule has 0 saturated carbocycles. The molecule has 4 heterocycles. The van der Waals surface area contributed by atoms with Crippen LogP contribution in [0.4, 0.5) is 5.82 Å². The highest BCUT2D eigenvalue weighted by atomic mass is 16.5. The van der Waals surface area contributed by atoms with Gasteiger partial charge < -0.3 is 9.64 Å². The molecule has 3 aromatic heterocycles. The van der Waals surface area contributed by atoms with Crippen molar-refractivity contribution >= 4 is 11.5 Å². The van der Waals surface area contributed by atoms with E-state index in [-0.39, 0.29) is 0 Å². The number of methoxy groups -OCH3 is 1. The minimum atomic E-state index is 0.331. The highest BCUT2D eigenvalue weighted by Crippen LogP contribution is 2.28. The number of anilines is 1. The number of nitrogens with zero attached hydrogens (tertiary/aromatic N) is 7. The third-order valence-electron chi connectivity index (χ3n) is 4.21. The molecule has 0 aliphatic carbocycles. The fourth-order valence-corrected chi connectivity index (χ4v) is 2.97. The van der Waals surface area contributed by atoms with Crippen LogP contribution in [0.1, 0.15) is 24.6 Å². The Hall–Kier alpha value is -2.77. The number of aromatic nitrogens is 6. The zero-order chi connectivity index (χ0) is 15.6. The lowest BCUT2D eigenvalue weighted by molar-refractivity contribution is 0.386. The van der Waals surface area contributed by atoms with E-state index < -0.39 is 0 Å². The van der Waals surface area contributed by atoms with Gasteiger partial charge in [0.25, 0.3) is 0 Å². The van der Waals surface area contributed by atoms with Crippen LogP contribution in [-0.4, -0.2) is 50.0 Å². The normalized spacial score (nSPS) is 16.0. The fraction of sp³-hybridized carbons (Fsp3) is 0.400. The first-order valence-corrected chi connectivity index (χ1v) is 7.62. The largest absolute Gasteiger partial charge is 0.480 e. The second-order valence-electron chi connectivity index (χ2n) is 5.53. The maximum Gasteiger partial charge on any atom is 0.231 e. The molecule has 8 nitrogen and oxygen atoms in total. The summed E-state index contributed by atoms with van der Waals surface area (Å²) in [6.07, 6.45) is 7.19. The van der Waals surface area contributed by atoms with Gasteiger partial charge in [-0.25, -0.2) is 4.98 Å². The molecule has 0 aromatic carbocycles. The smallest absolute Gasteiger partial charge is 0.231 e. The number of rotatable bonds is 3. The Morgan fingerprint density at radius 2 is 2.00 bits per heavy atom. The molecule has 1 aliphatic rings. The van der Waals surface area contributed by atoms with E-state index >= 15 is 0 Å². The van der Waals surface area contributed by atoms with E-state index in [9.17, 15) is 0 Å². The van der Waals surface area contributed by atoms with Crippen molar-refractivity contribution in [1.82, 2.24) is 29.8 Å². The number of piperidine rings is 1. The molecule has 0 spiro atoms. The van der Waals surface area contributed by atoms with Crippen LogP contribution in [0.5, 0.6) is 5.88 Å². The summed E-state index contributed by atoms with van der Waals surface area (Å²) in [7, 11) is 1.61. The molecule has 0 amide bonds. The Balaban J connectivity index is 1.54. The van der Waals surface area contributed by atoms with Crippen LogP contribution in [0, 0.1) is 0 Å². The summed E-state index contributed by atoms with van der Waals surface area (Å²) in [5, 5.41) is 13.0. The first-order valence-electron chi connectivity index (χ1n) is 7.62. The standard InChI is InChI=1S/C15H17N7O/c1-23-14-3-2-12-18-19-15(22(12)20-14)11-4-8-21(9-5-11)13-10-16-6-7-17-13/h2-3,6-7,10-11H,4-5,8-9H2,1H3. The van der Waals surface area contributed by atoms with E-state index in [1.54, 1.807) is 36.3 Å². The Bertz CT molecular complexity index is 796. The summed E-state index contributed by atoms with van der Waals surface area (Å²) in [5.74, 6) is 2.72. The van der Waals surface area contributed by atoms with Gasteiger partial charge in [-0.2, -0.15) is 4.52 Å². The second-order valence-corrected chi connectivity index (χ2v) is 5.53. The Morgan fingerprint density at radius 3 is 2.74 bits per heavy atom. The van der Waals surface area contributed by atoms with Gasteiger partial charge in [0.15, 0.2) is 11.5 Å². The molecule has 23 heavy (non-hydrogen) atoms.